The van der Waals surface area contributed by atoms with Crippen molar-refractivity contribution in [1.82, 2.24) is 20.9 Å². The maximum Gasteiger partial charge on any atom is 0.223 e. The van der Waals surface area contributed by atoms with Crippen LogP contribution in [0, 0.1) is 5.92 Å². The number of aromatic nitrogens is 1. The topological polar surface area (TPSA) is 78.4 Å². The molecular weight excluding hydrogens is 334 g/mol. The number of hydrogen-bond donors (Lipinski definition) is 3. The third-order valence-electron chi connectivity index (χ3n) is 4.50. The highest BCUT2D eigenvalue weighted by molar-refractivity contribution is 7.11. The average molecular weight is 366 g/mol. The maximum atomic E-state index is 12.1. The zero-order chi connectivity index (χ0) is 17.9. The highest BCUT2D eigenvalue weighted by atomic mass is 32.1. The molecule has 140 valence electrons. The van der Waals surface area contributed by atoms with Gasteiger partial charge >= 0.3 is 0 Å². The number of rotatable bonds is 8. The van der Waals surface area contributed by atoms with Crippen molar-refractivity contribution in [2.45, 2.75) is 51.9 Å². The van der Waals surface area contributed by atoms with Gasteiger partial charge in [-0.25, -0.2) is 4.98 Å². The number of carbonyl (C=O) groups is 1. The van der Waals surface area contributed by atoms with Crippen LogP contribution in [0.2, 0.25) is 0 Å². The van der Waals surface area contributed by atoms with E-state index in [1.807, 2.05) is 6.20 Å². The summed E-state index contributed by atoms with van der Waals surface area (Å²) in [5.41, 5.74) is 0. The lowest BCUT2D eigenvalue weighted by Gasteiger charge is -2.21. The summed E-state index contributed by atoms with van der Waals surface area (Å²) >= 11 is 1.77. The zero-order valence-electron chi connectivity index (χ0n) is 15.4. The standard InChI is InChI=1S/C18H31N5OS/c1-3-15-13-23-16(25-15)9-10-21-18(19-2)22-12-11-20-17(24)14-7-5-4-6-8-14/h13-14H,3-12H2,1-2H3,(H,20,24)(H2,19,21,22). The Labute approximate surface area is 154 Å². The molecule has 1 aromatic heterocycles. The van der Waals surface area contributed by atoms with Crippen molar-refractivity contribution in [2.24, 2.45) is 10.9 Å². The number of guanidine groups is 1. The van der Waals surface area contributed by atoms with Crippen LogP contribution >= 0.6 is 11.3 Å². The van der Waals surface area contributed by atoms with Crippen LogP contribution in [-0.4, -0.2) is 43.5 Å². The van der Waals surface area contributed by atoms with E-state index >= 15 is 0 Å². The SMILES string of the molecule is CCc1cnc(CCNC(=NC)NCCNC(=O)C2CCCCC2)s1. The Morgan fingerprint density at radius 3 is 2.60 bits per heavy atom. The van der Waals surface area contributed by atoms with Gasteiger partial charge in [0, 0.05) is 50.1 Å². The van der Waals surface area contributed by atoms with Crippen LogP contribution in [0.1, 0.15) is 48.9 Å². The van der Waals surface area contributed by atoms with Gasteiger partial charge < -0.3 is 16.0 Å². The fraction of sp³-hybridized carbons (Fsp3) is 0.722. The Morgan fingerprint density at radius 2 is 1.92 bits per heavy atom. The van der Waals surface area contributed by atoms with Crippen molar-refractivity contribution in [1.29, 1.82) is 0 Å². The minimum absolute atomic E-state index is 0.208. The minimum Gasteiger partial charge on any atom is -0.356 e. The van der Waals surface area contributed by atoms with E-state index in [9.17, 15) is 4.79 Å². The van der Waals surface area contributed by atoms with E-state index in [-0.39, 0.29) is 11.8 Å². The molecule has 0 bridgehead atoms. The number of carbonyl (C=O) groups excluding carboxylic acids is 1. The Morgan fingerprint density at radius 1 is 1.20 bits per heavy atom. The molecule has 0 radical (unpaired) electrons. The lowest BCUT2D eigenvalue weighted by molar-refractivity contribution is -0.125. The molecule has 1 fully saturated rings. The first-order valence-electron chi connectivity index (χ1n) is 9.38. The van der Waals surface area contributed by atoms with Gasteiger partial charge in [0.15, 0.2) is 5.96 Å². The molecule has 0 unspecified atom stereocenters. The first-order valence-corrected chi connectivity index (χ1v) is 10.2. The number of amides is 1. The molecule has 1 aliphatic carbocycles. The van der Waals surface area contributed by atoms with Crippen LogP contribution in [-0.2, 0) is 17.6 Å². The monoisotopic (exact) mass is 365 g/mol. The molecule has 0 atom stereocenters. The van der Waals surface area contributed by atoms with Crippen molar-refractivity contribution >= 4 is 23.2 Å². The van der Waals surface area contributed by atoms with Gasteiger partial charge in [0.25, 0.3) is 0 Å². The van der Waals surface area contributed by atoms with Gasteiger partial charge in [-0.15, -0.1) is 11.3 Å². The molecule has 1 aliphatic rings. The Bertz CT molecular complexity index is 551. The van der Waals surface area contributed by atoms with E-state index in [0.717, 1.165) is 43.2 Å². The van der Waals surface area contributed by atoms with Crippen LogP contribution in [0.5, 0.6) is 0 Å². The second kappa shape index (κ2) is 11.1. The van der Waals surface area contributed by atoms with Crippen LogP contribution < -0.4 is 16.0 Å². The summed E-state index contributed by atoms with van der Waals surface area (Å²) in [4.78, 5) is 22.0. The first-order chi connectivity index (χ1) is 12.2. The average Bonchev–Trinajstić information content (AvgIpc) is 3.12. The van der Waals surface area contributed by atoms with Crippen LogP contribution in [0.4, 0.5) is 0 Å². The molecule has 0 spiro atoms. The van der Waals surface area contributed by atoms with E-state index in [0.29, 0.717) is 13.1 Å². The molecule has 1 saturated carbocycles. The van der Waals surface area contributed by atoms with E-state index in [2.05, 4.69) is 32.9 Å². The van der Waals surface area contributed by atoms with Crippen LogP contribution in [0.3, 0.4) is 0 Å². The van der Waals surface area contributed by atoms with Gasteiger partial charge in [-0.1, -0.05) is 26.2 Å². The summed E-state index contributed by atoms with van der Waals surface area (Å²) in [6.45, 7) is 4.25. The van der Waals surface area contributed by atoms with Gasteiger partial charge in [-0.3, -0.25) is 9.79 Å². The predicted molar refractivity (Wildman–Crippen MR) is 104 cm³/mol. The van der Waals surface area contributed by atoms with Gasteiger partial charge in [-0.2, -0.15) is 0 Å². The second-order valence-electron chi connectivity index (χ2n) is 6.38. The van der Waals surface area contributed by atoms with Crippen molar-refractivity contribution in [3.8, 4) is 0 Å². The molecular formula is C18H31N5OS. The summed E-state index contributed by atoms with van der Waals surface area (Å²) < 4.78 is 0. The van der Waals surface area contributed by atoms with E-state index in [4.69, 9.17) is 0 Å². The van der Waals surface area contributed by atoms with Gasteiger partial charge in [0.2, 0.25) is 5.91 Å². The van der Waals surface area contributed by atoms with E-state index in [1.54, 1.807) is 18.4 Å². The summed E-state index contributed by atoms with van der Waals surface area (Å²) in [5, 5.41) is 10.7. The quantitative estimate of drug-likeness (QED) is 0.375. The van der Waals surface area contributed by atoms with Crippen molar-refractivity contribution in [2.75, 3.05) is 26.7 Å². The molecule has 3 N–H and O–H groups in total. The van der Waals surface area contributed by atoms with Crippen molar-refractivity contribution < 1.29 is 4.79 Å². The minimum atomic E-state index is 0.208. The molecule has 25 heavy (non-hydrogen) atoms. The van der Waals surface area contributed by atoms with E-state index in [1.165, 1.54) is 24.1 Å². The summed E-state index contributed by atoms with van der Waals surface area (Å²) in [6, 6.07) is 0. The summed E-state index contributed by atoms with van der Waals surface area (Å²) in [6.07, 6.45) is 9.62. The first kappa shape index (κ1) is 19.7. The van der Waals surface area contributed by atoms with Crippen molar-refractivity contribution in [3.05, 3.63) is 16.1 Å². The highest BCUT2D eigenvalue weighted by Crippen LogP contribution is 2.23. The Kier molecular flexibility index (Phi) is 8.72. The molecule has 0 saturated heterocycles. The molecule has 7 heteroatoms. The smallest absolute Gasteiger partial charge is 0.223 e. The molecule has 1 amide bonds. The zero-order valence-corrected chi connectivity index (χ0v) is 16.3. The maximum absolute atomic E-state index is 12.1. The summed E-state index contributed by atoms with van der Waals surface area (Å²) in [7, 11) is 1.76. The lowest BCUT2D eigenvalue weighted by Crippen LogP contribution is -2.43. The molecule has 2 rings (SSSR count). The highest BCUT2D eigenvalue weighted by Gasteiger charge is 2.20. The second-order valence-corrected chi connectivity index (χ2v) is 7.58. The van der Waals surface area contributed by atoms with Crippen LogP contribution in [0.15, 0.2) is 11.2 Å². The normalized spacial score (nSPS) is 15.8. The van der Waals surface area contributed by atoms with Crippen LogP contribution in [0.25, 0.3) is 0 Å². The van der Waals surface area contributed by atoms with Crippen molar-refractivity contribution in [3.63, 3.8) is 0 Å². The number of aryl methyl sites for hydroxylation is 1. The van der Waals surface area contributed by atoms with E-state index < -0.39 is 0 Å². The molecule has 0 aliphatic heterocycles. The molecule has 0 aromatic carbocycles. The molecule has 6 nitrogen and oxygen atoms in total. The Hall–Kier alpha value is -1.63. The number of nitrogens with one attached hydrogen (secondary N) is 3. The Balaban J connectivity index is 1.57. The lowest BCUT2D eigenvalue weighted by atomic mass is 9.89. The fourth-order valence-electron chi connectivity index (χ4n) is 3.01. The number of thiazole rings is 1. The predicted octanol–water partition coefficient (Wildman–Crippen LogP) is 2.11. The largest absolute Gasteiger partial charge is 0.356 e. The molecule has 1 aromatic rings. The summed E-state index contributed by atoms with van der Waals surface area (Å²) in [5.74, 6) is 1.19. The van der Waals surface area contributed by atoms with Gasteiger partial charge in [0.05, 0.1) is 5.01 Å². The third kappa shape index (κ3) is 7.02. The number of aliphatic imine (C=N–C) groups is 1. The number of hydrogen-bond acceptors (Lipinski definition) is 4. The third-order valence-corrected chi connectivity index (χ3v) is 5.70. The van der Waals surface area contributed by atoms with Gasteiger partial charge in [0.1, 0.15) is 0 Å². The number of nitrogens with zero attached hydrogens (tertiary/aromatic N) is 2. The van der Waals surface area contributed by atoms with Gasteiger partial charge in [-0.05, 0) is 19.3 Å². The fourth-order valence-corrected chi connectivity index (χ4v) is 3.87. The molecule has 1 heterocycles.